The number of benzene rings is 1. The zero-order valence-electron chi connectivity index (χ0n) is 15.2. The normalized spacial score (nSPS) is 12.5. The van der Waals surface area contributed by atoms with Crippen LogP contribution in [0.15, 0.2) is 59.2 Å². The van der Waals surface area contributed by atoms with Crippen LogP contribution >= 0.6 is 11.3 Å². The highest BCUT2D eigenvalue weighted by Crippen LogP contribution is 2.20. The smallest absolute Gasteiger partial charge is 0.122 e. The molecule has 138 valence electrons. The van der Waals surface area contributed by atoms with Gasteiger partial charge in [0.25, 0.3) is 0 Å². The van der Waals surface area contributed by atoms with Gasteiger partial charge in [-0.1, -0.05) is 18.2 Å². The summed E-state index contributed by atoms with van der Waals surface area (Å²) in [6, 6.07) is 16.0. The van der Waals surface area contributed by atoms with Crippen LogP contribution in [0.1, 0.15) is 21.1 Å². The van der Waals surface area contributed by atoms with Crippen LogP contribution in [0.25, 0.3) is 0 Å². The second-order valence-corrected chi connectivity index (χ2v) is 7.86. The molecule has 0 aliphatic rings. The van der Waals surface area contributed by atoms with Gasteiger partial charge in [-0.05, 0) is 49.7 Å². The van der Waals surface area contributed by atoms with E-state index in [1.807, 2.05) is 43.3 Å². The molecule has 0 bridgehead atoms. The number of ether oxygens (including phenoxy) is 1. The van der Waals surface area contributed by atoms with Crippen LogP contribution in [0.4, 0.5) is 0 Å². The Hall–Kier alpha value is -2.08. The van der Waals surface area contributed by atoms with Crippen molar-refractivity contribution < 1.29 is 14.3 Å². The van der Waals surface area contributed by atoms with Gasteiger partial charge in [-0.2, -0.15) is 0 Å². The highest BCUT2D eigenvalue weighted by atomic mass is 32.1. The van der Waals surface area contributed by atoms with Gasteiger partial charge in [0.05, 0.1) is 12.8 Å². The number of aryl methyl sites for hydroxylation is 2. The van der Waals surface area contributed by atoms with Crippen LogP contribution in [0.3, 0.4) is 0 Å². The number of nitrogens with zero attached hydrogens (tertiary/aromatic N) is 1. The minimum absolute atomic E-state index is 0.267. The van der Waals surface area contributed by atoms with Gasteiger partial charge in [0, 0.05) is 22.8 Å². The van der Waals surface area contributed by atoms with Crippen LogP contribution in [-0.2, 0) is 13.1 Å². The van der Waals surface area contributed by atoms with E-state index in [2.05, 4.69) is 24.0 Å². The molecule has 0 amide bonds. The molecule has 0 spiro atoms. The highest BCUT2D eigenvalue weighted by Gasteiger charge is 2.16. The number of hydrogen-bond acceptors (Lipinski definition) is 5. The first-order valence-corrected chi connectivity index (χ1v) is 9.58. The maximum absolute atomic E-state index is 10.5. The fraction of sp³-hybridized carbons (Fsp3) is 0.333. The zero-order valence-corrected chi connectivity index (χ0v) is 16.0. The van der Waals surface area contributed by atoms with Crippen LogP contribution in [-0.4, -0.2) is 29.3 Å². The van der Waals surface area contributed by atoms with Crippen LogP contribution in [0, 0.1) is 13.8 Å². The molecule has 0 aliphatic carbocycles. The maximum atomic E-state index is 10.5. The van der Waals surface area contributed by atoms with E-state index in [-0.39, 0.29) is 6.61 Å². The summed E-state index contributed by atoms with van der Waals surface area (Å²) < 4.78 is 11.3. The summed E-state index contributed by atoms with van der Waals surface area (Å²) in [6.07, 6.45) is 1.10. The van der Waals surface area contributed by atoms with E-state index in [1.54, 1.807) is 17.6 Å². The molecule has 1 atom stereocenters. The Morgan fingerprint density at radius 3 is 2.62 bits per heavy atom. The fourth-order valence-electron chi connectivity index (χ4n) is 2.85. The van der Waals surface area contributed by atoms with Gasteiger partial charge in [0.1, 0.15) is 24.2 Å². The predicted octanol–water partition coefficient (Wildman–Crippen LogP) is 4.40. The number of furan rings is 1. The topological polar surface area (TPSA) is 45.8 Å². The van der Waals surface area contributed by atoms with Crippen molar-refractivity contribution in [1.82, 2.24) is 4.90 Å². The van der Waals surface area contributed by atoms with Gasteiger partial charge in [-0.25, -0.2) is 0 Å². The van der Waals surface area contributed by atoms with Crippen molar-refractivity contribution in [1.29, 1.82) is 0 Å². The minimum Gasteiger partial charge on any atom is -0.491 e. The van der Waals surface area contributed by atoms with Gasteiger partial charge in [-0.3, -0.25) is 4.90 Å². The Labute approximate surface area is 158 Å². The zero-order chi connectivity index (χ0) is 18.4. The second kappa shape index (κ2) is 9.03. The molecular weight excluding hydrogens is 346 g/mol. The van der Waals surface area contributed by atoms with Crippen molar-refractivity contribution in [2.75, 3.05) is 13.2 Å². The third-order valence-corrected chi connectivity index (χ3v) is 5.11. The molecule has 0 fully saturated rings. The molecule has 0 saturated heterocycles. The molecule has 1 aromatic carbocycles. The van der Waals surface area contributed by atoms with Crippen LogP contribution in [0.2, 0.25) is 0 Å². The van der Waals surface area contributed by atoms with E-state index in [1.165, 1.54) is 9.75 Å². The van der Waals surface area contributed by atoms with E-state index >= 15 is 0 Å². The van der Waals surface area contributed by atoms with Crippen LogP contribution in [0.5, 0.6) is 5.75 Å². The van der Waals surface area contributed by atoms with Gasteiger partial charge in [0.2, 0.25) is 0 Å². The van der Waals surface area contributed by atoms with Crippen LogP contribution < -0.4 is 4.74 Å². The molecule has 3 aromatic rings. The largest absolute Gasteiger partial charge is 0.491 e. The van der Waals surface area contributed by atoms with Crippen molar-refractivity contribution in [3.63, 3.8) is 0 Å². The van der Waals surface area contributed by atoms with E-state index < -0.39 is 6.10 Å². The molecule has 5 heteroatoms. The monoisotopic (exact) mass is 371 g/mol. The molecule has 0 radical (unpaired) electrons. The average molecular weight is 372 g/mol. The molecule has 26 heavy (non-hydrogen) atoms. The first kappa shape index (κ1) is 18.7. The summed E-state index contributed by atoms with van der Waals surface area (Å²) in [5.74, 6) is 1.71. The predicted molar refractivity (Wildman–Crippen MR) is 105 cm³/mol. The minimum atomic E-state index is -0.578. The Morgan fingerprint density at radius 2 is 1.92 bits per heavy atom. The number of thiophene rings is 1. The molecule has 2 heterocycles. The van der Waals surface area contributed by atoms with Gasteiger partial charge in [0.15, 0.2) is 0 Å². The number of aliphatic hydroxyl groups is 1. The summed E-state index contributed by atoms with van der Waals surface area (Å²) in [5.41, 5.74) is 1.07. The van der Waals surface area contributed by atoms with Crippen molar-refractivity contribution in [3.8, 4) is 5.75 Å². The highest BCUT2D eigenvalue weighted by molar-refractivity contribution is 7.11. The lowest BCUT2D eigenvalue weighted by Crippen LogP contribution is -2.34. The van der Waals surface area contributed by atoms with Gasteiger partial charge in [-0.15, -0.1) is 11.3 Å². The summed E-state index contributed by atoms with van der Waals surface area (Å²) >= 11 is 1.78. The fourth-order valence-corrected chi connectivity index (χ4v) is 3.79. The second-order valence-electron chi connectivity index (χ2n) is 6.49. The molecule has 1 N–H and O–H groups in total. The van der Waals surface area contributed by atoms with E-state index in [4.69, 9.17) is 9.15 Å². The lowest BCUT2D eigenvalue weighted by atomic mass is 10.2. The molecular formula is C21H25NO3S. The standard InChI is InChI=1S/C21H25NO3S/c1-16-6-3-4-8-21(16)25-15-18(23)12-22(13-19-7-5-11-24-19)14-20-10-9-17(2)26-20/h3-11,18,23H,12-15H2,1-2H3/t18-/m0/s1. The lowest BCUT2D eigenvalue weighted by Gasteiger charge is -2.24. The van der Waals surface area contributed by atoms with E-state index in [9.17, 15) is 5.11 Å². The first-order chi connectivity index (χ1) is 12.6. The third-order valence-electron chi connectivity index (χ3n) is 4.13. The van der Waals surface area contributed by atoms with E-state index in [0.29, 0.717) is 13.1 Å². The molecule has 2 aromatic heterocycles. The van der Waals surface area contributed by atoms with Gasteiger partial charge < -0.3 is 14.3 Å². The summed E-state index contributed by atoms with van der Waals surface area (Å²) in [7, 11) is 0. The molecule has 3 rings (SSSR count). The van der Waals surface area contributed by atoms with Crippen molar-refractivity contribution in [3.05, 3.63) is 75.9 Å². The molecule has 4 nitrogen and oxygen atoms in total. The lowest BCUT2D eigenvalue weighted by molar-refractivity contribution is 0.0606. The van der Waals surface area contributed by atoms with E-state index in [0.717, 1.165) is 23.6 Å². The SMILES string of the molecule is Cc1ccc(CN(Cc2ccco2)C[C@H](O)COc2ccccc2C)s1. The van der Waals surface area contributed by atoms with Crippen molar-refractivity contribution in [2.45, 2.75) is 33.0 Å². The number of hydrogen-bond donors (Lipinski definition) is 1. The Bertz CT molecular complexity index is 797. The number of rotatable bonds is 9. The van der Waals surface area contributed by atoms with Crippen molar-refractivity contribution in [2.24, 2.45) is 0 Å². The van der Waals surface area contributed by atoms with Crippen molar-refractivity contribution >= 4 is 11.3 Å². The summed E-state index contributed by atoms with van der Waals surface area (Å²) in [6.45, 7) is 6.33. The Kier molecular flexibility index (Phi) is 6.50. The molecule has 0 aliphatic heterocycles. The quantitative estimate of drug-likeness (QED) is 0.606. The third kappa shape index (κ3) is 5.46. The summed E-state index contributed by atoms with van der Waals surface area (Å²) in [4.78, 5) is 4.76. The summed E-state index contributed by atoms with van der Waals surface area (Å²) in [5, 5.41) is 10.5. The molecule has 0 unspecified atom stereocenters. The number of para-hydroxylation sites is 1. The Morgan fingerprint density at radius 1 is 1.08 bits per heavy atom. The van der Waals surface area contributed by atoms with Gasteiger partial charge >= 0.3 is 0 Å². The maximum Gasteiger partial charge on any atom is 0.122 e. The first-order valence-electron chi connectivity index (χ1n) is 8.76. The number of aliphatic hydroxyl groups excluding tert-OH is 1. The molecule has 0 saturated carbocycles. The average Bonchev–Trinajstić information content (AvgIpc) is 3.26. The Balaban J connectivity index is 1.59.